The van der Waals surface area contributed by atoms with Crippen LogP contribution < -0.4 is 4.90 Å². The van der Waals surface area contributed by atoms with Crippen molar-refractivity contribution < 1.29 is 18.1 Å². The van der Waals surface area contributed by atoms with Crippen LogP contribution in [0.1, 0.15) is 32.3 Å². The van der Waals surface area contributed by atoms with Crippen LogP contribution in [0.15, 0.2) is 18.2 Å². The summed E-state index contributed by atoms with van der Waals surface area (Å²) in [5.74, 6) is 0. The zero-order valence-corrected chi connectivity index (χ0v) is 11.4. The van der Waals surface area contributed by atoms with Gasteiger partial charge in [-0.1, -0.05) is 13.3 Å². The molecule has 0 aliphatic carbocycles. The molecule has 0 spiro atoms. The molecule has 7 heteroatoms. The van der Waals surface area contributed by atoms with E-state index >= 15 is 0 Å². The van der Waals surface area contributed by atoms with Gasteiger partial charge in [-0.25, -0.2) is 0 Å². The second kappa shape index (κ2) is 6.58. The van der Waals surface area contributed by atoms with Crippen molar-refractivity contribution in [2.75, 3.05) is 18.0 Å². The molecule has 0 radical (unpaired) electrons. The van der Waals surface area contributed by atoms with Crippen LogP contribution in [0.5, 0.6) is 0 Å². The number of benzene rings is 1. The van der Waals surface area contributed by atoms with Crippen LogP contribution in [-0.4, -0.2) is 18.0 Å². The molecule has 0 aliphatic heterocycles. The van der Waals surface area contributed by atoms with Crippen LogP contribution in [0.25, 0.3) is 0 Å². The topological polar surface area (TPSA) is 46.4 Å². The molecule has 0 aromatic heterocycles. The molecule has 0 N–H and O–H groups in total. The second-order valence-corrected chi connectivity index (χ2v) is 4.39. The van der Waals surface area contributed by atoms with Crippen LogP contribution in [0, 0.1) is 10.1 Å². The van der Waals surface area contributed by atoms with Gasteiger partial charge in [0.1, 0.15) is 5.56 Å². The Hall–Kier alpha value is -1.79. The van der Waals surface area contributed by atoms with Crippen molar-refractivity contribution in [2.45, 2.75) is 32.9 Å². The third-order valence-corrected chi connectivity index (χ3v) is 3.01. The summed E-state index contributed by atoms with van der Waals surface area (Å²) in [7, 11) is 0. The molecule has 0 unspecified atom stereocenters. The monoisotopic (exact) mass is 290 g/mol. The highest BCUT2D eigenvalue weighted by Gasteiger charge is 2.38. The molecule has 0 bridgehead atoms. The molecule has 4 nitrogen and oxygen atoms in total. The van der Waals surface area contributed by atoms with Gasteiger partial charge in [0.25, 0.3) is 5.69 Å². The van der Waals surface area contributed by atoms with Crippen LogP contribution >= 0.6 is 0 Å². The highest BCUT2D eigenvalue weighted by atomic mass is 19.4. The molecule has 0 aliphatic rings. The van der Waals surface area contributed by atoms with Gasteiger partial charge in [-0.2, -0.15) is 13.2 Å². The number of rotatable bonds is 6. The van der Waals surface area contributed by atoms with E-state index in [0.29, 0.717) is 18.8 Å². The lowest BCUT2D eigenvalue weighted by Crippen LogP contribution is -2.24. The first-order chi connectivity index (χ1) is 9.31. The summed E-state index contributed by atoms with van der Waals surface area (Å²) in [5.41, 5.74) is -1.75. The van der Waals surface area contributed by atoms with Crippen molar-refractivity contribution >= 4 is 11.4 Å². The van der Waals surface area contributed by atoms with Crippen LogP contribution in [-0.2, 0) is 6.18 Å². The number of alkyl halides is 3. The predicted octanol–water partition coefficient (Wildman–Crippen LogP) is 4.24. The summed E-state index contributed by atoms with van der Waals surface area (Å²) in [6.07, 6.45) is -2.95. The standard InChI is InChI=1S/C13H17F3N2O2/c1-3-5-8-17(4-2)10-6-7-12(18(19)20)11(9-10)13(14,15)16/h6-7,9H,3-5,8H2,1-2H3. The van der Waals surface area contributed by atoms with Crippen molar-refractivity contribution in [1.82, 2.24) is 0 Å². The van der Waals surface area contributed by atoms with Crippen molar-refractivity contribution in [3.05, 3.63) is 33.9 Å². The smallest absolute Gasteiger partial charge is 0.372 e. The maximum Gasteiger partial charge on any atom is 0.423 e. The van der Waals surface area contributed by atoms with Gasteiger partial charge in [-0.3, -0.25) is 10.1 Å². The minimum absolute atomic E-state index is 0.360. The van der Waals surface area contributed by atoms with Gasteiger partial charge in [-0.15, -0.1) is 0 Å². The maximum absolute atomic E-state index is 12.9. The van der Waals surface area contributed by atoms with Crippen molar-refractivity contribution in [3.63, 3.8) is 0 Å². The van der Waals surface area contributed by atoms with E-state index in [1.165, 1.54) is 6.07 Å². The Balaban J connectivity index is 3.21. The number of halogens is 3. The molecule has 20 heavy (non-hydrogen) atoms. The lowest BCUT2D eigenvalue weighted by Gasteiger charge is -2.23. The van der Waals surface area contributed by atoms with Gasteiger partial charge < -0.3 is 4.90 Å². The minimum Gasteiger partial charge on any atom is -0.372 e. The van der Waals surface area contributed by atoms with Crippen molar-refractivity contribution in [3.8, 4) is 0 Å². The fourth-order valence-corrected chi connectivity index (χ4v) is 1.93. The Labute approximate surface area is 115 Å². The van der Waals surface area contributed by atoms with Gasteiger partial charge in [0, 0.05) is 24.8 Å². The maximum atomic E-state index is 12.9. The highest BCUT2D eigenvalue weighted by Crippen LogP contribution is 2.38. The number of nitro benzene ring substituents is 1. The predicted molar refractivity (Wildman–Crippen MR) is 70.9 cm³/mol. The summed E-state index contributed by atoms with van der Waals surface area (Å²) in [5, 5.41) is 10.7. The quantitative estimate of drug-likeness (QED) is 0.581. The molecule has 0 amide bonds. The van der Waals surface area contributed by atoms with Crippen molar-refractivity contribution in [2.24, 2.45) is 0 Å². The van der Waals surface area contributed by atoms with E-state index in [2.05, 4.69) is 0 Å². The molecule has 1 aromatic carbocycles. The van der Waals surface area contributed by atoms with E-state index < -0.39 is 22.4 Å². The van der Waals surface area contributed by atoms with Gasteiger partial charge in [0.15, 0.2) is 0 Å². The average molecular weight is 290 g/mol. The molecule has 112 valence electrons. The summed E-state index contributed by atoms with van der Waals surface area (Å²) in [6, 6.07) is 3.15. The van der Waals surface area contributed by atoms with E-state index in [4.69, 9.17) is 0 Å². The SMILES string of the molecule is CCCCN(CC)c1ccc([N+](=O)[O-])c(C(F)(F)F)c1. The number of nitro groups is 1. The zero-order valence-electron chi connectivity index (χ0n) is 11.4. The van der Waals surface area contributed by atoms with Crippen LogP contribution in [0.3, 0.4) is 0 Å². The molecular formula is C13H17F3N2O2. The molecule has 0 saturated carbocycles. The van der Waals surface area contributed by atoms with Gasteiger partial charge >= 0.3 is 6.18 Å². The first-order valence-corrected chi connectivity index (χ1v) is 6.41. The first kappa shape index (κ1) is 16.3. The number of hydrogen-bond acceptors (Lipinski definition) is 3. The van der Waals surface area contributed by atoms with Crippen molar-refractivity contribution in [1.29, 1.82) is 0 Å². The molecule has 0 saturated heterocycles. The molecule has 0 fully saturated rings. The van der Waals surface area contributed by atoms with E-state index in [9.17, 15) is 23.3 Å². The Kier molecular flexibility index (Phi) is 5.35. The minimum atomic E-state index is -4.73. The van der Waals surface area contributed by atoms with Crippen LogP contribution in [0.4, 0.5) is 24.5 Å². The largest absolute Gasteiger partial charge is 0.423 e. The van der Waals surface area contributed by atoms with E-state index in [1.807, 2.05) is 13.8 Å². The number of hydrogen-bond donors (Lipinski definition) is 0. The fraction of sp³-hybridized carbons (Fsp3) is 0.538. The highest BCUT2D eigenvalue weighted by molar-refractivity contribution is 5.56. The Morgan fingerprint density at radius 2 is 1.95 bits per heavy atom. The molecular weight excluding hydrogens is 273 g/mol. The molecule has 0 heterocycles. The summed E-state index contributed by atoms with van der Waals surface area (Å²) in [4.78, 5) is 11.5. The zero-order chi connectivity index (χ0) is 15.3. The van der Waals surface area contributed by atoms with E-state index in [0.717, 1.165) is 25.0 Å². The average Bonchev–Trinajstić information content (AvgIpc) is 2.38. The lowest BCUT2D eigenvalue weighted by molar-refractivity contribution is -0.388. The number of nitrogens with zero attached hydrogens (tertiary/aromatic N) is 2. The molecule has 1 rings (SSSR count). The van der Waals surface area contributed by atoms with E-state index in [-0.39, 0.29) is 0 Å². The third kappa shape index (κ3) is 3.85. The summed E-state index contributed by atoms with van der Waals surface area (Å²) in [6.45, 7) is 5.01. The third-order valence-electron chi connectivity index (χ3n) is 3.01. The first-order valence-electron chi connectivity index (χ1n) is 6.41. The number of unbranched alkanes of at least 4 members (excludes halogenated alkanes) is 1. The summed E-state index contributed by atoms with van der Waals surface area (Å²) < 4.78 is 38.7. The Bertz CT molecular complexity index is 475. The number of anilines is 1. The van der Waals surface area contributed by atoms with Crippen LogP contribution in [0.2, 0.25) is 0 Å². The molecule has 1 aromatic rings. The summed E-state index contributed by atoms with van der Waals surface area (Å²) >= 11 is 0. The normalized spacial score (nSPS) is 11.4. The van der Waals surface area contributed by atoms with Gasteiger partial charge in [0.2, 0.25) is 0 Å². The molecule has 0 atom stereocenters. The Morgan fingerprint density at radius 3 is 2.40 bits per heavy atom. The fourth-order valence-electron chi connectivity index (χ4n) is 1.93. The lowest BCUT2D eigenvalue weighted by atomic mass is 10.1. The van der Waals surface area contributed by atoms with Gasteiger partial charge in [-0.05, 0) is 25.5 Å². The van der Waals surface area contributed by atoms with Gasteiger partial charge in [0.05, 0.1) is 4.92 Å². The van der Waals surface area contributed by atoms with E-state index in [1.54, 1.807) is 4.90 Å². The second-order valence-electron chi connectivity index (χ2n) is 4.39. The Morgan fingerprint density at radius 1 is 1.30 bits per heavy atom.